The lowest BCUT2D eigenvalue weighted by Gasteiger charge is -2.39. The molecule has 1 fully saturated rings. The smallest absolute Gasteiger partial charge is 0.414 e. The molecule has 0 aliphatic carbocycles. The summed E-state index contributed by atoms with van der Waals surface area (Å²) in [5.74, 6) is -0.503. The molecule has 0 saturated carbocycles. The summed E-state index contributed by atoms with van der Waals surface area (Å²) in [7, 11) is -0.171. The molecule has 2 aromatic rings. The van der Waals surface area contributed by atoms with Crippen molar-refractivity contribution in [2.24, 2.45) is 0 Å². The van der Waals surface area contributed by atoms with E-state index in [4.69, 9.17) is 9.47 Å². The van der Waals surface area contributed by atoms with E-state index in [0.29, 0.717) is 43.0 Å². The lowest BCUT2D eigenvalue weighted by Crippen LogP contribution is -2.49. The molecule has 0 aromatic heterocycles. The molecule has 2 aromatic carbocycles. The van der Waals surface area contributed by atoms with Crippen molar-refractivity contribution < 1.29 is 23.3 Å². The average molecular weight is 414 g/mol. The molecule has 2 aliphatic heterocycles. The largest absolute Gasteiger partial charge is 0.465 e. The van der Waals surface area contributed by atoms with E-state index in [2.05, 4.69) is 0 Å². The molecule has 0 N–H and O–H groups in total. The number of esters is 1. The number of rotatable bonds is 4. The van der Waals surface area contributed by atoms with Crippen LogP contribution in [-0.2, 0) is 27.1 Å². The van der Waals surface area contributed by atoms with Crippen molar-refractivity contribution in [3.05, 3.63) is 59.7 Å². The zero-order valence-electron chi connectivity index (χ0n) is 16.1. The van der Waals surface area contributed by atoms with Crippen LogP contribution in [0.15, 0.2) is 53.4 Å². The summed E-state index contributed by atoms with van der Waals surface area (Å²) >= 11 is 0. The molecule has 1 unspecified atom stereocenters. The summed E-state index contributed by atoms with van der Waals surface area (Å²) in [6.07, 6.45) is 0.991. The molecule has 2 aliphatic rings. The van der Waals surface area contributed by atoms with Crippen molar-refractivity contribution in [1.82, 2.24) is 4.31 Å². The van der Waals surface area contributed by atoms with Gasteiger partial charge < -0.3 is 9.47 Å². The SMILES string of the molecule is COC(=O)c1ccccc1S(=O)N1CCC(N2C(=O)OCc3ccccc32)CC1. The van der Waals surface area contributed by atoms with Gasteiger partial charge in [0.05, 0.1) is 23.3 Å². The van der Waals surface area contributed by atoms with E-state index >= 15 is 0 Å². The van der Waals surface area contributed by atoms with E-state index in [1.54, 1.807) is 29.2 Å². The maximum absolute atomic E-state index is 13.1. The minimum atomic E-state index is -1.48. The molecule has 4 rings (SSSR count). The number of ether oxygens (including phenoxy) is 2. The molecule has 152 valence electrons. The van der Waals surface area contributed by atoms with E-state index in [1.807, 2.05) is 28.6 Å². The van der Waals surface area contributed by atoms with E-state index in [0.717, 1.165) is 11.3 Å². The van der Waals surface area contributed by atoms with Gasteiger partial charge in [0.25, 0.3) is 0 Å². The maximum atomic E-state index is 13.1. The minimum absolute atomic E-state index is 0.0203. The second-order valence-electron chi connectivity index (χ2n) is 6.95. The Morgan fingerprint density at radius 3 is 2.55 bits per heavy atom. The molecule has 0 bridgehead atoms. The maximum Gasteiger partial charge on any atom is 0.414 e. The highest BCUT2D eigenvalue weighted by Gasteiger charge is 2.35. The number of methoxy groups -OCH3 is 1. The Balaban J connectivity index is 1.49. The van der Waals surface area contributed by atoms with Crippen molar-refractivity contribution in [2.45, 2.75) is 30.4 Å². The Kier molecular flexibility index (Phi) is 5.64. The van der Waals surface area contributed by atoms with Gasteiger partial charge in [0, 0.05) is 24.7 Å². The lowest BCUT2D eigenvalue weighted by molar-refractivity contribution is 0.0596. The van der Waals surface area contributed by atoms with Crippen LogP contribution in [0.3, 0.4) is 0 Å². The fraction of sp³-hybridized carbons (Fsp3) is 0.333. The molecule has 0 radical (unpaired) electrons. The zero-order chi connectivity index (χ0) is 20.4. The van der Waals surface area contributed by atoms with Crippen LogP contribution in [0.25, 0.3) is 0 Å². The van der Waals surface area contributed by atoms with Crippen molar-refractivity contribution in [3.63, 3.8) is 0 Å². The first kappa shape index (κ1) is 19.6. The highest BCUT2D eigenvalue weighted by Crippen LogP contribution is 2.32. The number of nitrogens with zero attached hydrogens (tertiary/aromatic N) is 2. The minimum Gasteiger partial charge on any atom is -0.465 e. The number of benzene rings is 2. The second-order valence-corrected chi connectivity index (χ2v) is 8.40. The van der Waals surface area contributed by atoms with Crippen LogP contribution < -0.4 is 4.90 Å². The highest BCUT2D eigenvalue weighted by atomic mass is 32.2. The molecule has 2 heterocycles. The molecule has 1 atom stereocenters. The van der Waals surface area contributed by atoms with E-state index in [-0.39, 0.29) is 12.1 Å². The number of amides is 1. The summed E-state index contributed by atoms with van der Waals surface area (Å²) in [4.78, 5) is 26.6. The Labute approximate surface area is 171 Å². The van der Waals surface area contributed by atoms with Gasteiger partial charge in [-0.2, -0.15) is 0 Å². The van der Waals surface area contributed by atoms with Gasteiger partial charge in [-0.1, -0.05) is 30.3 Å². The van der Waals surface area contributed by atoms with Crippen LogP contribution in [0.4, 0.5) is 10.5 Å². The number of piperidine rings is 1. The second kappa shape index (κ2) is 8.34. The molecule has 1 amide bonds. The third-order valence-corrected chi connectivity index (χ3v) is 6.87. The molecular formula is C21H22N2O5S. The number of para-hydroxylation sites is 1. The normalized spacial score (nSPS) is 18.7. The van der Waals surface area contributed by atoms with Crippen LogP contribution in [0.2, 0.25) is 0 Å². The summed E-state index contributed by atoms with van der Waals surface area (Å²) in [6.45, 7) is 1.37. The number of cyclic esters (lactones) is 1. The number of fused-ring (bicyclic) bond motifs is 1. The van der Waals surface area contributed by atoms with Gasteiger partial charge in [-0.05, 0) is 31.0 Å². The zero-order valence-corrected chi connectivity index (χ0v) is 16.9. The third-order valence-electron chi connectivity index (χ3n) is 5.30. The fourth-order valence-electron chi connectivity index (χ4n) is 3.82. The number of hydrogen-bond donors (Lipinski definition) is 0. The third kappa shape index (κ3) is 3.77. The molecule has 0 spiro atoms. The molecule has 7 nitrogen and oxygen atoms in total. The number of carbonyl (C=O) groups is 2. The first-order valence-electron chi connectivity index (χ1n) is 9.48. The van der Waals surface area contributed by atoms with Crippen LogP contribution in [0, 0.1) is 0 Å². The van der Waals surface area contributed by atoms with Gasteiger partial charge in [-0.15, -0.1) is 0 Å². The van der Waals surface area contributed by atoms with Crippen molar-refractivity contribution in [3.8, 4) is 0 Å². The van der Waals surface area contributed by atoms with Crippen LogP contribution in [-0.4, -0.2) is 46.8 Å². The van der Waals surface area contributed by atoms with Gasteiger partial charge in [0.1, 0.15) is 17.6 Å². The summed E-state index contributed by atoms with van der Waals surface area (Å²) < 4.78 is 25.1. The number of anilines is 1. The Bertz CT molecular complexity index is 956. The van der Waals surface area contributed by atoms with E-state index in [1.165, 1.54) is 7.11 Å². The summed E-state index contributed by atoms with van der Waals surface area (Å²) in [5, 5.41) is 0. The predicted molar refractivity (Wildman–Crippen MR) is 108 cm³/mol. The Morgan fingerprint density at radius 2 is 1.79 bits per heavy atom. The quantitative estimate of drug-likeness (QED) is 0.719. The Morgan fingerprint density at radius 1 is 1.10 bits per heavy atom. The molecule has 8 heteroatoms. The number of carbonyl (C=O) groups excluding carboxylic acids is 2. The van der Waals surface area contributed by atoms with E-state index in [9.17, 15) is 13.8 Å². The first-order chi connectivity index (χ1) is 14.1. The van der Waals surface area contributed by atoms with Crippen LogP contribution >= 0.6 is 0 Å². The van der Waals surface area contributed by atoms with E-state index < -0.39 is 17.0 Å². The molecule has 29 heavy (non-hydrogen) atoms. The summed E-state index contributed by atoms with van der Waals surface area (Å²) in [6, 6.07) is 14.5. The van der Waals surface area contributed by atoms with Crippen molar-refractivity contribution in [2.75, 3.05) is 25.1 Å². The average Bonchev–Trinajstić information content (AvgIpc) is 2.78. The lowest BCUT2D eigenvalue weighted by atomic mass is 10.0. The topological polar surface area (TPSA) is 76.2 Å². The molecule has 1 saturated heterocycles. The van der Waals surface area contributed by atoms with Crippen LogP contribution in [0.5, 0.6) is 0 Å². The first-order valence-corrected chi connectivity index (χ1v) is 10.6. The fourth-order valence-corrected chi connectivity index (χ4v) is 5.18. The standard InChI is InChI=1S/C21H22N2O5S/c1-27-20(24)17-7-3-5-9-19(17)29(26)22-12-10-16(11-13-22)23-18-8-4-2-6-15(18)14-28-21(23)25/h2-9,16H,10-14H2,1H3. The van der Waals surface area contributed by atoms with Gasteiger partial charge in [0.2, 0.25) is 0 Å². The van der Waals surface area contributed by atoms with Crippen LogP contribution in [0.1, 0.15) is 28.8 Å². The Hall–Kier alpha value is -2.71. The summed E-state index contributed by atoms with van der Waals surface area (Å²) in [5.41, 5.74) is 2.19. The highest BCUT2D eigenvalue weighted by molar-refractivity contribution is 7.82. The van der Waals surface area contributed by atoms with Gasteiger partial charge in [-0.3, -0.25) is 4.90 Å². The van der Waals surface area contributed by atoms with Gasteiger partial charge in [-0.25, -0.2) is 18.1 Å². The predicted octanol–water partition coefficient (Wildman–Crippen LogP) is 3.12. The number of hydrogen-bond acceptors (Lipinski definition) is 5. The van der Waals surface area contributed by atoms with Gasteiger partial charge in [0.15, 0.2) is 0 Å². The van der Waals surface area contributed by atoms with Crippen molar-refractivity contribution in [1.29, 1.82) is 0 Å². The van der Waals surface area contributed by atoms with Gasteiger partial charge >= 0.3 is 12.1 Å². The van der Waals surface area contributed by atoms with Crippen molar-refractivity contribution >= 4 is 28.7 Å². The molecular weight excluding hydrogens is 392 g/mol. The monoisotopic (exact) mass is 414 g/mol.